The maximum absolute atomic E-state index is 12.0. The fourth-order valence-corrected chi connectivity index (χ4v) is 1.98. The highest BCUT2D eigenvalue weighted by atomic mass is 79.9. The van der Waals surface area contributed by atoms with E-state index in [0.29, 0.717) is 17.0 Å². The van der Waals surface area contributed by atoms with Gasteiger partial charge in [-0.25, -0.2) is 5.43 Å². The summed E-state index contributed by atoms with van der Waals surface area (Å²) >= 11 is 3.29. The number of carbonyl (C=O) groups is 1. The van der Waals surface area contributed by atoms with Crippen molar-refractivity contribution in [3.63, 3.8) is 0 Å². The van der Waals surface area contributed by atoms with Crippen molar-refractivity contribution in [3.8, 4) is 0 Å². The van der Waals surface area contributed by atoms with Crippen molar-refractivity contribution in [2.24, 2.45) is 10.3 Å². The molecule has 21 heavy (non-hydrogen) atoms. The zero-order valence-electron chi connectivity index (χ0n) is 10.9. The molecule has 0 bridgehead atoms. The van der Waals surface area contributed by atoms with E-state index in [0.717, 1.165) is 4.47 Å². The second-order valence-corrected chi connectivity index (χ2v) is 4.93. The molecule has 0 fully saturated rings. The molecule has 2 rings (SSSR count). The van der Waals surface area contributed by atoms with Crippen molar-refractivity contribution in [2.45, 2.75) is 0 Å². The Labute approximate surface area is 129 Å². The Morgan fingerprint density at radius 3 is 2.76 bits per heavy atom. The number of rotatable bonds is 5. The number of carbonyl (C=O) groups excluding carboxylic acids is 1. The molecule has 0 atom stereocenters. The molecule has 1 aromatic heterocycles. The van der Waals surface area contributed by atoms with Crippen molar-refractivity contribution in [2.75, 3.05) is 6.54 Å². The van der Waals surface area contributed by atoms with Crippen LogP contribution in [0.25, 0.3) is 0 Å². The number of hydrazone groups is 1. The maximum Gasteiger partial charge on any atom is 0.271 e. The summed E-state index contributed by atoms with van der Waals surface area (Å²) in [6, 6.07) is 12.1. The zero-order chi connectivity index (χ0) is 15.1. The van der Waals surface area contributed by atoms with Crippen LogP contribution in [0.15, 0.2) is 63.4 Å². The van der Waals surface area contributed by atoms with E-state index in [1.54, 1.807) is 42.6 Å². The lowest BCUT2D eigenvalue weighted by atomic mass is 10.2. The molecule has 0 saturated heterocycles. The SMILES string of the molecule is O=NCC(=NNC(=O)c1cccc(Br)c1)c1ccccn1. The number of nitrogens with one attached hydrogen (secondary N) is 1. The fourth-order valence-electron chi connectivity index (χ4n) is 1.58. The van der Waals surface area contributed by atoms with Crippen molar-refractivity contribution in [1.82, 2.24) is 10.4 Å². The minimum atomic E-state index is -0.379. The Morgan fingerprint density at radius 1 is 1.24 bits per heavy atom. The van der Waals surface area contributed by atoms with Crippen molar-refractivity contribution in [1.29, 1.82) is 0 Å². The number of halogens is 1. The Hall–Kier alpha value is -2.41. The van der Waals surface area contributed by atoms with Crippen LogP contribution in [0.1, 0.15) is 16.1 Å². The molecule has 0 radical (unpaired) electrons. The molecule has 0 aliphatic carbocycles. The molecule has 0 unspecified atom stereocenters. The molecule has 0 saturated carbocycles. The summed E-state index contributed by atoms with van der Waals surface area (Å²) in [4.78, 5) is 26.5. The third kappa shape index (κ3) is 4.28. The van der Waals surface area contributed by atoms with Gasteiger partial charge >= 0.3 is 0 Å². The summed E-state index contributed by atoms with van der Waals surface area (Å²) in [5, 5.41) is 6.73. The van der Waals surface area contributed by atoms with Crippen molar-refractivity contribution >= 4 is 27.5 Å². The Kier molecular flexibility index (Phi) is 5.28. The van der Waals surface area contributed by atoms with Gasteiger partial charge in [0.2, 0.25) is 0 Å². The number of hydrogen-bond donors (Lipinski definition) is 1. The van der Waals surface area contributed by atoms with E-state index in [4.69, 9.17) is 0 Å². The fraction of sp³-hybridized carbons (Fsp3) is 0.0714. The van der Waals surface area contributed by atoms with Crippen LogP contribution in [0.4, 0.5) is 0 Å². The topological polar surface area (TPSA) is 83.8 Å². The molecule has 1 heterocycles. The van der Waals surface area contributed by atoms with Crippen LogP contribution in [0.5, 0.6) is 0 Å². The van der Waals surface area contributed by atoms with Crippen LogP contribution in [0.2, 0.25) is 0 Å². The average Bonchev–Trinajstić information content (AvgIpc) is 2.52. The number of hydrogen-bond acceptors (Lipinski definition) is 5. The van der Waals surface area contributed by atoms with Gasteiger partial charge in [0.1, 0.15) is 12.3 Å². The summed E-state index contributed by atoms with van der Waals surface area (Å²) in [6.45, 7) is -0.171. The monoisotopic (exact) mass is 346 g/mol. The zero-order valence-corrected chi connectivity index (χ0v) is 12.4. The summed E-state index contributed by atoms with van der Waals surface area (Å²) in [5.41, 5.74) is 3.64. The van der Waals surface area contributed by atoms with E-state index < -0.39 is 0 Å². The standard InChI is InChI=1S/C14H11BrN4O2/c15-11-5-3-4-10(8-11)14(20)19-18-13(9-17-21)12-6-1-2-7-16-12/h1-8H,9H2,(H,19,20). The van der Waals surface area contributed by atoms with Crippen LogP contribution in [0.3, 0.4) is 0 Å². The lowest BCUT2D eigenvalue weighted by Gasteiger charge is -2.04. The van der Waals surface area contributed by atoms with Crippen LogP contribution >= 0.6 is 15.9 Å². The van der Waals surface area contributed by atoms with E-state index in [-0.39, 0.29) is 12.5 Å². The quantitative estimate of drug-likeness (QED) is 0.513. The highest BCUT2D eigenvalue weighted by Gasteiger charge is 2.08. The van der Waals surface area contributed by atoms with Gasteiger partial charge in [0.15, 0.2) is 0 Å². The molecule has 7 heteroatoms. The van der Waals surface area contributed by atoms with Crippen LogP contribution < -0.4 is 5.43 Å². The first kappa shape index (κ1) is 15.0. The van der Waals surface area contributed by atoms with Crippen LogP contribution in [-0.4, -0.2) is 23.1 Å². The molecular weight excluding hydrogens is 336 g/mol. The number of amides is 1. The van der Waals surface area contributed by atoms with Gasteiger partial charge in [-0.1, -0.05) is 33.2 Å². The Balaban J connectivity index is 2.16. The minimum Gasteiger partial charge on any atom is -0.267 e. The second kappa shape index (κ2) is 7.39. The van der Waals surface area contributed by atoms with E-state index >= 15 is 0 Å². The van der Waals surface area contributed by atoms with Gasteiger partial charge in [0, 0.05) is 16.2 Å². The Bertz CT molecular complexity index is 674. The highest BCUT2D eigenvalue weighted by Crippen LogP contribution is 2.11. The molecule has 6 nitrogen and oxygen atoms in total. The first-order chi connectivity index (χ1) is 10.2. The summed E-state index contributed by atoms with van der Waals surface area (Å²) in [6.07, 6.45) is 1.58. The molecule has 0 aliphatic heterocycles. The molecule has 2 aromatic rings. The molecule has 1 amide bonds. The van der Waals surface area contributed by atoms with Gasteiger partial charge in [-0.3, -0.25) is 9.78 Å². The lowest BCUT2D eigenvalue weighted by molar-refractivity contribution is 0.0955. The molecule has 0 aliphatic rings. The number of pyridine rings is 1. The molecule has 0 spiro atoms. The van der Waals surface area contributed by atoms with Gasteiger partial charge in [0.05, 0.1) is 5.69 Å². The van der Waals surface area contributed by atoms with Crippen molar-refractivity contribution < 1.29 is 4.79 Å². The third-order valence-corrected chi connectivity index (χ3v) is 3.05. The number of benzene rings is 1. The maximum atomic E-state index is 12.0. The summed E-state index contributed by atoms with van der Waals surface area (Å²) < 4.78 is 0.790. The van der Waals surface area contributed by atoms with E-state index in [2.05, 4.69) is 36.6 Å². The number of nitroso groups, excluding NO2 is 1. The van der Waals surface area contributed by atoms with Gasteiger partial charge in [-0.05, 0) is 30.3 Å². The van der Waals surface area contributed by atoms with Gasteiger partial charge in [0.25, 0.3) is 5.91 Å². The minimum absolute atomic E-state index is 0.171. The summed E-state index contributed by atoms with van der Waals surface area (Å²) in [5.74, 6) is -0.379. The normalized spacial score (nSPS) is 11.0. The van der Waals surface area contributed by atoms with E-state index in [1.165, 1.54) is 0 Å². The largest absolute Gasteiger partial charge is 0.271 e. The molecular formula is C14H11BrN4O2. The van der Waals surface area contributed by atoms with Crippen molar-refractivity contribution in [3.05, 3.63) is 69.3 Å². The Morgan fingerprint density at radius 2 is 2.10 bits per heavy atom. The highest BCUT2D eigenvalue weighted by molar-refractivity contribution is 9.10. The van der Waals surface area contributed by atoms with E-state index in [9.17, 15) is 9.70 Å². The second-order valence-electron chi connectivity index (χ2n) is 4.01. The van der Waals surface area contributed by atoms with E-state index in [1.807, 2.05) is 6.07 Å². The molecule has 1 aromatic carbocycles. The first-order valence-corrected chi connectivity index (χ1v) is 6.83. The van der Waals surface area contributed by atoms with Gasteiger partial charge < -0.3 is 0 Å². The van der Waals surface area contributed by atoms with Crippen LogP contribution in [0, 0.1) is 4.91 Å². The lowest BCUT2D eigenvalue weighted by Crippen LogP contribution is -2.21. The third-order valence-electron chi connectivity index (χ3n) is 2.55. The average molecular weight is 347 g/mol. The van der Waals surface area contributed by atoms with Gasteiger partial charge in [-0.15, -0.1) is 0 Å². The summed E-state index contributed by atoms with van der Waals surface area (Å²) in [7, 11) is 0. The number of nitrogens with zero attached hydrogens (tertiary/aromatic N) is 3. The predicted octanol–water partition coefficient (Wildman–Crippen LogP) is 2.74. The first-order valence-electron chi connectivity index (χ1n) is 6.03. The number of aromatic nitrogens is 1. The molecule has 1 N–H and O–H groups in total. The van der Waals surface area contributed by atoms with Crippen LogP contribution in [-0.2, 0) is 0 Å². The van der Waals surface area contributed by atoms with Gasteiger partial charge in [-0.2, -0.15) is 10.0 Å². The smallest absolute Gasteiger partial charge is 0.267 e. The molecule has 106 valence electrons. The predicted molar refractivity (Wildman–Crippen MR) is 83.0 cm³/mol.